The highest BCUT2D eigenvalue weighted by atomic mass is 32.2. The zero-order valence-corrected chi connectivity index (χ0v) is 24.8. The van der Waals surface area contributed by atoms with Gasteiger partial charge in [-0.3, -0.25) is 13.9 Å². The average Bonchev–Trinajstić information content (AvgIpc) is 3.47. The molecule has 41 heavy (non-hydrogen) atoms. The van der Waals surface area contributed by atoms with Crippen LogP contribution in [-0.2, 0) is 32.6 Å². The van der Waals surface area contributed by atoms with E-state index in [2.05, 4.69) is 5.32 Å². The van der Waals surface area contributed by atoms with Crippen LogP contribution in [0.1, 0.15) is 42.4 Å². The molecule has 218 valence electrons. The second-order valence-corrected chi connectivity index (χ2v) is 12.6. The van der Waals surface area contributed by atoms with E-state index in [9.17, 15) is 18.0 Å². The van der Waals surface area contributed by atoms with Gasteiger partial charge in [0, 0.05) is 25.1 Å². The highest BCUT2D eigenvalue weighted by Crippen LogP contribution is 2.25. The second kappa shape index (κ2) is 13.7. The average molecular weight is 578 g/mol. The van der Waals surface area contributed by atoms with Crippen LogP contribution in [-0.4, -0.2) is 57.1 Å². The van der Waals surface area contributed by atoms with E-state index in [1.807, 2.05) is 61.5 Å². The van der Waals surface area contributed by atoms with Crippen LogP contribution in [0, 0.1) is 6.92 Å². The number of amides is 2. The summed E-state index contributed by atoms with van der Waals surface area (Å²) in [7, 11) is -2.35. The molecule has 4 rings (SSSR count). The van der Waals surface area contributed by atoms with Crippen molar-refractivity contribution in [1.29, 1.82) is 0 Å². The first kappa shape index (κ1) is 30.1. The van der Waals surface area contributed by atoms with Crippen molar-refractivity contribution in [3.05, 3.63) is 95.6 Å². The molecule has 1 saturated carbocycles. The van der Waals surface area contributed by atoms with Gasteiger partial charge in [0.1, 0.15) is 18.3 Å². The predicted octanol–water partition coefficient (Wildman–Crippen LogP) is 4.47. The van der Waals surface area contributed by atoms with Gasteiger partial charge >= 0.3 is 0 Å². The largest absolute Gasteiger partial charge is 0.497 e. The molecule has 1 N–H and O–H groups in total. The smallest absolute Gasteiger partial charge is 0.244 e. The number of carbonyl (C=O) groups is 2. The van der Waals surface area contributed by atoms with Crippen LogP contribution in [0.2, 0.25) is 0 Å². The molecule has 0 spiro atoms. The Labute approximate surface area is 243 Å². The quantitative estimate of drug-likeness (QED) is 0.343. The SMILES string of the molecule is COc1cccc(N(CC(=O)N(Cc2ccc(C)cc2)[C@@H](Cc2ccccc2)C(=O)NC2CCCC2)S(C)(=O)=O)c1. The lowest BCUT2D eigenvalue weighted by molar-refractivity contribution is -0.140. The fraction of sp³-hybridized carbons (Fsp3) is 0.375. The van der Waals surface area contributed by atoms with Crippen LogP contribution >= 0.6 is 0 Å². The third-order valence-corrected chi connectivity index (χ3v) is 8.61. The Hall–Kier alpha value is -3.85. The van der Waals surface area contributed by atoms with Crippen LogP contribution in [0.5, 0.6) is 5.75 Å². The molecule has 9 heteroatoms. The number of nitrogens with one attached hydrogen (secondary N) is 1. The van der Waals surface area contributed by atoms with Gasteiger partial charge in [-0.25, -0.2) is 8.42 Å². The van der Waals surface area contributed by atoms with Gasteiger partial charge in [-0.15, -0.1) is 0 Å². The summed E-state index contributed by atoms with van der Waals surface area (Å²) >= 11 is 0. The molecule has 0 unspecified atom stereocenters. The van der Waals surface area contributed by atoms with Crippen LogP contribution in [0.3, 0.4) is 0 Å². The van der Waals surface area contributed by atoms with Crippen molar-refractivity contribution < 1.29 is 22.7 Å². The molecule has 0 bridgehead atoms. The van der Waals surface area contributed by atoms with E-state index in [0.29, 0.717) is 17.9 Å². The highest BCUT2D eigenvalue weighted by Gasteiger charge is 2.34. The van der Waals surface area contributed by atoms with Crippen molar-refractivity contribution in [2.45, 2.75) is 57.7 Å². The minimum absolute atomic E-state index is 0.0707. The van der Waals surface area contributed by atoms with Crippen LogP contribution in [0.15, 0.2) is 78.9 Å². The lowest BCUT2D eigenvalue weighted by atomic mass is 10.0. The molecule has 1 atom stereocenters. The fourth-order valence-electron chi connectivity index (χ4n) is 5.19. The Morgan fingerprint density at radius 2 is 1.63 bits per heavy atom. The van der Waals surface area contributed by atoms with E-state index in [4.69, 9.17) is 4.74 Å². The van der Waals surface area contributed by atoms with Gasteiger partial charge in [0.25, 0.3) is 0 Å². The zero-order valence-electron chi connectivity index (χ0n) is 24.0. The summed E-state index contributed by atoms with van der Waals surface area (Å²) in [5.74, 6) is -0.229. The van der Waals surface area contributed by atoms with Crippen LogP contribution < -0.4 is 14.4 Å². The van der Waals surface area contributed by atoms with Crippen molar-refractivity contribution in [3.8, 4) is 5.75 Å². The number of hydrogen-bond donors (Lipinski definition) is 1. The molecular weight excluding hydrogens is 538 g/mol. The lowest BCUT2D eigenvalue weighted by Gasteiger charge is -2.34. The van der Waals surface area contributed by atoms with Crippen molar-refractivity contribution >= 4 is 27.5 Å². The zero-order chi connectivity index (χ0) is 29.4. The third kappa shape index (κ3) is 8.33. The Balaban J connectivity index is 1.72. The normalized spacial score (nSPS) is 14.3. The van der Waals surface area contributed by atoms with E-state index in [-0.39, 0.29) is 18.5 Å². The molecule has 0 aromatic heterocycles. The molecule has 1 aliphatic rings. The first-order chi connectivity index (χ1) is 19.6. The Morgan fingerprint density at radius 1 is 0.951 bits per heavy atom. The van der Waals surface area contributed by atoms with E-state index >= 15 is 0 Å². The number of sulfonamides is 1. The van der Waals surface area contributed by atoms with Gasteiger partial charge in [0.15, 0.2) is 0 Å². The van der Waals surface area contributed by atoms with Crippen LogP contribution in [0.25, 0.3) is 0 Å². The number of benzene rings is 3. The molecular formula is C32H39N3O5S. The van der Waals surface area contributed by atoms with Gasteiger partial charge in [0.05, 0.1) is 19.1 Å². The van der Waals surface area contributed by atoms with E-state index in [0.717, 1.165) is 52.9 Å². The first-order valence-corrected chi connectivity index (χ1v) is 15.8. The summed E-state index contributed by atoms with van der Waals surface area (Å²) < 4.78 is 32.2. The standard InChI is InChI=1S/C32H39N3O5S/c1-24-16-18-26(19-17-24)22-34(31(36)23-35(41(3,38)39)28-14-9-15-29(21-28)40-2)30(20-25-10-5-4-6-11-25)32(37)33-27-12-7-8-13-27/h4-6,9-11,14-19,21,27,30H,7-8,12-13,20,22-23H2,1-3H3,(H,33,37)/t30-/m0/s1. The van der Waals surface area contributed by atoms with Crippen molar-refractivity contribution in [2.75, 3.05) is 24.2 Å². The molecule has 0 saturated heterocycles. The number of rotatable bonds is 12. The fourth-order valence-corrected chi connectivity index (χ4v) is 6.03. The molecule has 0 aliphatic heterocycles. The number of anilines is 1. The van der Waals surface area contributed by atoms with Gasteiger partial charge in [0.2, 0.25) is 21.8 Å². The van der Waals surface area contributed by atoms with E-state index in [1.165, 1.54) is 12.0 Å². The van der Waals surface area contributed by atoms with E-state index < -0.39 is 28.5 Å². The maximum Gasteiger partial charge on any atom is 0.244 e. The van der Waals surface area contributed by atoms with Crippen LogP contribution in [0.4, 0.5) is 5.69 Å². The summed E-state index contributed by atoms with van der Waals surface area (Å²) in [6.45, 7) is 1.68. The molecule has 1 fully saturated rings. The number of nitrogens with zero attached hydrogens (tertiary/aromatic N) is 2. The topological polar surface area (TPSA) is 96.0 Å². The molecule has 0 heterocycles. The summed E-state index contributed by atoms with van der Waals surface area (Å²) in [6, 6.07) is 23.2. The van der Waals surface area contributed by atoms with Crippen molar-refractivity contribution in [2.24, 2.45) is 0 Å². The number of hydrogen-bond acceptors (Lipinski definition) is 5. The molecule has 1 aliphatic carbocycles. The van der Waals surface area contributed by atoms with Crippen molar-refractivity contribution in [1.82, 2.24) is 10.2 Å². The Morgan fingerprint density at radius 3 is 2.27 bits per heavy atom. The van der Waals surface area contributed by atoms with Gasteiger partial charge in [-0.05, 0) is 43.0 Å². The minimum Gasteiger partial charge on any atom is -0.497 e. The summed E-state index contributed by atoms with van der Waals surface area (Å²) in [5, 5.41) is 3.18. The molecule has 2 amide bonds. The maximum absolute atomic E-state index is 14.2. The highest BCUT2D eigenvalue weighted by molar-refractivity contribution is 7.92. The number of aryl methyl sites for hydroxylation is 1. The third-order valence-electron chi connectivity index (χ3n) is 7.47. The van der Waals surface area contributed by atoms with E-state index in [1.54, 1.807) is 24.3 Å². The number of methoxy groups -OCH3 is 1. The van der Waals surface area contributed by atoms with Gasteiger partial charge < -0.3 is 15.0 Å². The Kier molecular flexibility index (Phi) is 10.0. The van der Waals surface area contributed by atoms with Crippen molar-refractivity contribution in [3.63, 3.8) is 0 Å². The monoisotopic (exact) mass is 577 g/mol. The predicted molar refractivity (Wildman–Crippen MR) is 161 cm³/mol. The summed E-state index contributed by atoms with van der Waals surface area (Å²) in [6.07, 6.45) is 5.31. The first-order valence-electron chi connectivity index (χ1n) is 13.9. The molecule has 3 aromatic rings. The molecule has 3 aromatic carbocycles. The lowest BCUT2D eigenvalue weighted by Crippen LogP contribution is -2.54. The van der Waals surface area contributed by atoms with Gasteiger partial charge in [-0.2, -0.15) is 0 Å². The maximum atomic E-state index is 14.2. The number of carbonyl (C=O) groups excluding carboxylic acids is 2. The minimum atomic E-state index is -3.84. The van der Waals surface area contributed by atoms with Gasteiger partial charge in [-0.1, -0.05) is 79.1 Å². The molecule has 8 nitrogen and oxygen atoms in total. The number of ether oxygens (including phenoxy) is 1. The second-order valence-electron chi connectivity index (χ2n) is 10.7. The summed E-state index contributed by atoms with van der Waals surface area (Å²) in [5.41, 5.74) is 3.15. The molecule has 0 radical (unpaired) electrons. The Bertz CT molecular complexity index is 1420. The summed E-state index contributed by atoms with van der Waals surface area (Å²) in [4.78, 5) is 29.6.